The highest BCUT2D eigenvalue weighted by molar-refractivity contribution is 5.68. The number of aromatic amines is 1. The van der Waals surface area contributed by atoms with E-state index in [1.165, 1.54) is 25.4 Å². The van der Waals surface area contributed by atoms with Gasteiger partial charge in [-0.2, -0.15) is 9.94 Å². The molecule has 0 bridgehead atoms. The van der Waals surface area contributed by atoms with Gasteiger partial charge in [0.05, 0.1) is 30.3 Å². The lowest BCUT2D eigenvalue weighted by Crippen LogP contribution is -2.32. The number of alkyl carbamates (subject to hydrolysis) is 1. The van der Waals surface area contributed by atoms with Crippen LogP contribution in [0.4, 0.5) is 16.2 Å². The van der Waals surface area contributed by atoms with E-state index in [-0.39, 0.29) is 31.6 Å². The van der Waals surface area contributed by atoms with Crippen molar-refractivity contribution in [3.63, 3.8) is 0 Å². The molecular formula is C30H30N8O8. The fraction of sp³-hybridized carbons (Fsp3) is 0.300. The molecule has 2 aromatic heterocycles. The molecule has 0 saturated heterocycles. The Morgan fingerprint density at radius 1 is 1.28 bits per heavy atom. The molecule has 3 heterocycles. The number of nitrogens with one attached hydrogen (secondary N) is 3. The van der Waals surface area contributed by atoms with Crippen LogP contribution in [-0.4, -0.2) is 50.3 Å². The molecule has 0 saturated carbocycles. The first-order chi connectivity index (χ1) is 22.0. The van der Waals surface area contributed by atoms with Gasteiger partial charge in [0.25, 0.3) is 0 Å². The Balaban J connectivity index is 1.57. The Morgan fingerprint density at radius 3 is 2.80 bits per heavy atom. The summed E-state index contributed by atoms with van der Waals surface area (Å²) in [6, 6.07) is 12.2. The monoisotopic (exact) mass is 630 g/mol. The maximum atomic E-state index is 13.1. The number of carbonyl (C=O) groups excluding carboxylic acids is 1. The summed E-state index contributed by atoms with van der Waals surface area (Å²) in [7, 11) is 1.49. The second-order valence-corrected chi connectivity index (χ2v) is 11.1. The van der Waals surface area contributed by atoms with Crippen molar-refractivity contribution in [3.05, 3.63) is 97.3 Å². The molecule has 0 fully saturated rings. The van der Waals surface area contributed by atoms with Crippen LogP contribution in [0.3, 0.4) is 0 Å². The number of aromatic nitrogens is 4. The van der Waals surface area contributed by atoms with Gasteiger partial charge in [-0.3, -0.25) is 15.1 Å². The minimum atomic E-state index is -0.877. The number of rotatable bonds is 9. The minimum absolute atomic E-state index is 0.00581. The van der Waals surface area contributed by atoms with Gasteiger partial charge in [0.2, 0.25) is 5.82 Å². The predicted molar refractivity (Wildman–Crippen MR) is 162 cm³/mol. The maximum absolute atomic E-state index is 13.1. The van der Waals surface area contributed by atoms with Crippen LogP contribution >= 0.6 is 0 Å². The second-order valence-electron chi connectivity index (χ2n) is 11.1. The first-order valence-corrected chi connectivity index (χ1v) is 13.9. The van der Waals surface area contributed by atoms with Gasteiger partial charge in [-0.15, -0.1) is 5.10 Å². The van der Waals surface area contributed by atoms with Gasteiger partial charge in [0.15, 0.2) is 24.1 Å². The number of nitrogens with zero attached hydrogens (tertiary/aromatic N) is 5. The van der Waals surface area contributed by atoms with Crippen LogP contribution in [0, 0.1) is 21.4 Å². The van der Waals surface area contributed by atoms with Crippen molar-refractivity contribution in [2.75, 3.05) is 19.2 Å². The van der Waals surface area contributed by atoms with Gasteiger partial charge >= 0.3 is 17.5 Å². The number of benzene rings is 2. The molecule has 1 aliphatic heterocycles. The molecule has 46 heavy (non-hydrogen) atoms. The van der Waals surface area contributed by atoms with Crippen LogP contribution in [0.2, 0.25) is 0 Å². The zero-order valence-corrected chi connectivity index (χ0v) is 25.3. The van der Waals surface area contributed by atoms with E-state index >= 15 is 0 Å². The summed E-state index contributed by atoms with van der Waals surface area (Å²) < 4.78 is 22.8. The SMILES string of the molecule is COc1cc(C(Nc2ccc(C#N)c(CNC(=O)OC(C)(C)C)c2)c2nn(-c3ncccc3[N+](=O)[O-])c(=O)[nH]2)cc2c1OCOC2. The van der Waals surface area contributed by atoms with Crippen LogP contribution in [0.1, 0.15) is 54.9 Å². The Kier molecular flexibility index (Phi) is 8.87. The highest BCUT2D eigenvalue weighted by Gasteiger charge is 2.27. The number of nitriles is 1. The van der Waals surface area contributed by atoms with E-state index in [0.29, 0.717) is 39.4 Å². The molecule has 4 aromatic rings. The van der Waals surface area contributed by atoms with E-state index in [1.54, 1.807) is 51.1 Å². The third-order valence-electron chi connectivity index (χ3n) is 6.68. The van der Waals surface area contributed by atoms with Gasteiger partial charge < -0.3 is 29.6 Å². The van der Waals surface area contributed by atoms with Crippen molar-refractivity contribution < 1.29 is 28.7 Å². The minimum Gasteiger partial charge on any atom is -0.493 e. The molecule has 238 valence electrons. The number of pyridine rings is 1. The molecule has 5 rings (SSSR count). The predicted octanol–water partition coefficient (Wildman–Crippen LogP) is 3.84. The Morgan fingerprint density at radius 2 is 2.09 bits per heavy atom. The van der Waals surface area contributed by atoms with Gasteiger partial charge in [0.1, 0.15) is 11.6 Å². The summed E-state index contributed by atoms with van der Waals surface area (Å²) in [4.78, 5) is 43.2. The summed E-state index contributed by atoms with van der Waals surface area (Å²) >= 11 is 0. The summed E-state index contributed by atoms with van der Waals surface area (Å²) in [5.74, 6) is 0.736. The first kappa shape index (κ1) is 31.5. The molecule has 1 atom stereocenters. The third-order valence-corrected chi connectivity index (χ3v) is 6.68. The van der Waals surface area contributed by atoms with Crippen molar-refractivity contribution in [1.29, 1.82) is 5.26 Å². The van der Waals surface area contributed by atoms with Gasteiger partial charge in [-0.05, 0) is 68.3 Å². The Bertz CT molecular complexity index is 1870. The average Bonchev–Trinajstić information content (AvgIpc) is 3.42. The molecule has 1 aliphatic rings. The number of methoxy groups -OCH3 is 1. The van der Waals surface area contributed by atoms with Crippen LogP contribution < -0.4 is 25.8 Å². The number of hydrogen-bond acceptors (Lipinski definition) is 12. The van der Waals surface area contributed by atoms with Gasteiger partial charge in [-0.1, -0.05) is 0 Å². The maximum Gasteiger partial charge on any atom is 0.407 e. The van der Waals surface area contributed by atoms with E-state index in [2.05, 4.69) is 31.8 Å². The number of anilines is 1. The van der Waals surface area contributed by atoms with Gasteiger partial charge in [0, 0.05) is 30.1 Å². The summed E-state index contributed by atoms with van der Waals surface area (Å²) in [5.41, 5.74) is 0.672. The van der Waals surface area contributed by atoms with Crippen LogP contribution in [0.5, 0.6) is 11.5 Å². The average molecular weight is 631 g/mol. The second kappa shape index (κ2) is 13.0. The highest BCUT2D eigenvalue weighted by Crippen LogP contribution is 2.39. The molecule has 1 unspecified atom stereocenters. The van der Waals surface area contributed by atoms with Crippen LogP contribution in [0.15, 0.2) is 53.5 Å². The van der Waals surface area contributed by atoms with Crippen LogP contribution in [0.25, 0.3) is 5.82 Å². The number of nitro groups is 1. The number of amides is 1. The van der Waals surface area contributed by atoms with Crippen molar-refractivity contribution in [3.8, 4) is 23.4 Å². The molecule has 16 heteroatoms. The summed E-state index contributed by atoms with van der Waals surface area (Å²) in [5, 5.41) is 31.8. The molecule has 3 N–H and O–H groups in total. The van der Waals surface area contributed by atoms with E-state index in [4.69, 9.17) is 18.9 Å². The molecule has 16 nitrogen and oxygen atoms in total. The van der Waals surface area contributed by atoms with Crippen molar-refractivity contribution in [2.45, 2.75) is 45.6 Å². The lowest BCUT2D eigenvalue weighted by Gasteiger charge is -2.24. The number of hydrogen-bond donors (Lipinski definition) is 3. The van der Waals surface area contributed by atoms with E-state index < -0.39 is 34.0 Å². The van der Waals surface area contributed by atoms with E-state index in [9.17, 15) is 25.0 Å². The number of H-pyrrole nitrogens is 1. The summed E-state index contributed by atoms with van der Waals surface area (Å²) in [6.45, 7) is 5.50. The number of ether oxygens (including phenoxy) is 4. The molecular weight excluding hydrogens is 600 g/mol. The Labute approximate surface area is 262 Å². The standard InChI is InChI=1S/C30H30N8O8/c1-30(2,3)46-29(40)33-14-19-11-21(8-7-17(19)13-31)34-24(18-10-20-15-44-16-45-25(20)23(12-18)43-4)26-35-28(39)37(36-26)27-22(38(41)42)6-5-9-32-27/h5-12,24,34H,14-16H2,1-4H3,(H,33,40)(H,35,36,39). The smallest absolute Gasteiger partial charge is 0.407 e. The van der Waals surface area contributed by atoms with Gasteiger partial charge in [-0.25, -0.2) is 14.6 Å². The molecule has 0 spiro atoms. The first-order valence-electron chi connectivity index (χ1n) is 13.9. The molecule has 0 radical (unpaired) electrons. The largest absolute Gasteiger partial charge is 0.493 e. The fourth-order valence-electron chi connectivity index (χ4n) is 4.73. The zero-order chi connectivity index (χ0) is 33.0. The van der Waals surface area contributed by atoms with E-state index in [0.717, 1.165) is 4.68 Å². The lowest BCUT2D eigenvalue weighted by molar-refractivity contribution is -0.385. The number of fused-ring (bicyclic) bond motifs is 1. The Hall–Kier alpha value is -5.95. The van der Waals surface area contributed by atoms with Crippen molar-refractivity contribution >= 4 is 17.5 Å². The third kappa shape index (κ3) is 6.89. The van der Waals surface area contributed by atoms with Crippen molar-refractivity contribution in [1.82, 2.24) is 25.1 Å². The number of carbonyl (C=O) groups is 1. The van der Waals surface area contributed by atoms with Crippen molar-refractivity contribution in [2.24, 2.45) is 0 Å². The summed E-state index contributed by atoms with van der Waals surface area (Å²) in [6.07, 6.45) is 0.668. The van der Waals surface area contributed by atoms with Crippen LogP contribution in [-0.2, 0) is 22.6 Å². The highest BCUT2D eigenvalue weighted by atomic mass is 16.7. The molecule has 2 aromatic carbocycles. The topological polar surface area (TPSA) is 209 Å². The molecule has 0 aliphatic carbocycles. The normalized spacial score (nSPS) is 13.0. The zero-order valence-electron chi connectivity index (χ0n) is 25.3. The van der Waals surface area contributed by atoms with E-state index in [1.807, 2.05) is 0 Å². The lowest BCUT2D eigenvalue weighted by atomic mass is 10.0. The fourth-order valence-corrected chi connectivity index (χ4v) is 4.73. The molecule has 1 amide bonds. The quantitative estimate of drug-likeness (QED) is 0.178.